The Hall–Kier alpha value is -2.57. The Labute approximate surface area is 134 Å². The number of carbonyl (C=O) groups is 1. The van der Waals surface area contributed by atoms with Crippen molar-refractivity contribution in [1.29, 1.82) is 0 Å². The lowest BCUT2D eigenvalue weighted by Crippen LogP contribution is -2.44. The number of nitrogens with zero attached hydrogens (tertiary/aromatic N) is 3. The molecule has 2 heterocycles. The van der Waals surface area contributed by atoms with E-state index in [4.69, 9.17) is 4.52 Å². The largest absolute Gasteiger partial charge is 0.508 e. The summed E-state index contributed by atoms with van der Waals surface area (Å²) in [5.74, 6) is 1.51. The molecule has 1 aromatic carbocycles. The molecule has 1 atom stereocenters. The van der Waals surface area contributed by atoms with Gasteiger partial charge in [-0.05, 0) is 37.5 Å². The van der Waals surface area contributed by atoms with Crippen molar-refractivity contribution in [3.63, 3.8) is 0 Å². The van der Waals surface area contributed by atoms with Gasteiger partial charge in [-0.1, -0.05) is 17.3 Å². The molecule has 122 valence electrons. The Morgan fingerprint density at radius 1 is 1.52 bits per heavy atom. The Kier molecular flexibility index (Phi) is 4.45. The van der Waals surface area contributed by atoms with Gasteiger partial charge < -0.3 is 19.8 Å². The third kappa shape index (κ3) is 3.80. The van der Waals surface area contributed by atoms with Crippen LogP contribution >= 0.6 is 0 Å². The molecule has 1 saturated heterocycles. The molecule has 7 nitrogen and oxygen atoms in total. The van der Waals surface area contributed by atoms with E-state index in [1.54, 1.807) is 30.0 Å². The summed E-state index contributed by atoms with van der Waals surface area (Å²) in [5, 5.41) is 16.1. The van der Waals surface area contributed by atoms with Gasteiger partial charge in [0.1, 0.15) is 5.75 Å². The molecule has 0 saturated carbocycles. The molecule has 2 aromatic rings. The zero-order valence-electron chi connectivity index (χ0n) is 13.0. The van der Waals surface area contributed by atoms with Crippen molar-refractivity contribution in [2.24, 2.45) is 0 Å². The summed E-state index contributed by atoms with van der Waals surface area (Å²) in [6.45, 7) is 3.46. The Balaban J connectivity index is 1.56. The fourth-order valence-electron chi connectivity index (χ4n) is 2.80. The first-order valence-corrected chi connectivity index (χ1v) is 7.72. The van der Waals surface area contributed by atoms with Crippen LogP contribution in [-0.2, 0) is 6.54 Å². The molecule has 7 heteroatoms. The molecule has 1 unspecified atom stereocenters. The summed E-state index contributed by atoms with van der Waals surface area (Å²) in [7, 11) is 0. The van der Waals surface area contributed by atoms with Crippen molar-refractivity contribution in [2.75, 3.05) is 13.1 Å². The molecule has 0 aliphatic carbocycles. The van der Waals surface area contributed by atoms with Gasteiger partial charge in [0.15, 0.2) is 5.82 Å². The maximum atomic E-state index is 12.3. The number of likely N-dealkylation sites (tertiary alicyclic amines) is 1. The van der Waals surface area contributed by atoms with Crippen LogP contribution in [0.2, 0.25) is 0 Å². The number of aryl methyl sites for hydroxylation is 1. The minimum Gasteiger partial charge on any atom is -0.508 e. The molecule has 2 N–H and O–H groups in total. The number of piperidine rings is 1. The number of phenols is 1. The van der Waals surface area contributed by atoms with E-state index in [0.717, 1.165) is 24.9 Å². The number of rotatable bonds is 3. The van der Waals surface area contributed by atoms with E-state index in [0.29, 0.717) is 24.8 Å². The molecule has 0 bridgehead atoms. The second-order valence-corrected chi connectivity index (χ2v) is 5.79. The lowest BCUT2D eigenvalue weighted by Gasteiger charge is -2.31. The van der Waals surface area contributed by atoms with Crippen LogP contribution in [0.1, 0.15) is 36.0 Å². The Bertz CT molecular complexity index is 685. The van der Waals surface area contributed by atoms with Crippen LogP contribution in [0.25, 0.3) is 0 Å². The van der Waals surface area contributed by atoms with E-state index in [2.05, 4.69) is 15.5 Å². The first-order chi connectivity index (χ1) is 11.1. The van der Waals surface area contributed by atoms with Crippen LogP contribution in [0.4, 0.5) is 4.79 Å². The molecule has 2 amide bonds. The summed E-state index contributed by atoms with van der Waals surface area (Å²) >= 11 is 0. The fourth-order valence-corrected chi connectivity index (χ4v) is 2.80. The van der Waals surface area contributed by atoms with Crippen LogP contribution in [0, 0.1) is 6.92 Å². The molecule has 0 spiro atoms. The van der Waals surface area contributed by atoms with Crippen molar-refractivity contribution < 1.29 is 14.4 Å². The number of phenolic OH excluding ortho intramolecular Hbond substituents is 1. The van der Waals surface area contributed by atoms with E-state index in [-0.39, 0.29) is 17.7 Å². The quantitative estimate of drug-likeness (QED) is 0.905. The maximum Gasteiger partial charge on any atom is 0.317 e. The smallest absolute Gasteiger partial charge is 0.317 e. The van der Waals surface area contributed by atoms with Crippen molar-refractivity contribution >= 4 is 6.03 Å². The summed E-state index contributed by atoms with van der Waals surface area (Å²) in [6, 6.07) is 6.74. The van der Waals surface area contributed by atoms with E-state index in [1.807, 2.05) is 6.07 Å². The second kappa shape index (κ2) is 6.68. The Morgan fingerprint density at radius 2 is 2.39 bits per heavy atom. The van der Waals surface area contributed by atoms with Gasteiger partial charge in [0.05, 0.1) is 5.92 Å². The zero-order valence-corrected chi connectivity index (χ0v) is 13.0. The predicted octanol–water partition coefficient (Wildman–Crippen LogP) is 2.17. The molecule has 1 aromatic heterocycles. The van der Waals surface area contributed by atoms with Crippen molar-refractivity contribution in [3.8, 4) is 5.75 Å². The summed E-state index contributed by atoms with van der Waals surface area (Å²) < 4.78 is 5.23. The van der Waals surface area contributed by atoms with E-state index in [1.165, 1.54) is 0 Å². The van der Waals surface area contributed by atoms with Gasteiger partial charge in [-0.25, -0.2) is 4.79 Å². The average Bonchev–Trinajstić information content (AvgIpc) is 2.99. The highest BCUT2D eigenvalue weighted by atomic mass is 16.5. The van der Waals surface area contributed by atoms with Gasteiger partial charge in [-0.3, -0.25) is 0 Å². The van der Waals surface area contributed by atoms with Gasteiger partial charge in [0.25, 0.3) is 0 Å². The molecule has 1 fully saturated rings. The predicted molar refractivity (Wildman–Crippen MR) is 82.9 cm³/mol. The minimum atomic E-state index is -0.116. The van der Waals surface area contributed by atoms with Crippen molar-refractivity contribution in [1.82, 2.24) is 20.4 Å². The fraction of sp³-hybridized carbons (Fsp3) is 0.438. The van der Waals surface area contributed by atoms with Gasteiger partial charge in [0, 0.05) is 19.6 Å². The first-order valence-electron chi connectivity index (χ1n) is 7.72. The molecular weight excluding hydrogens is 296 g/mol. The van der Waals surface area contributed by atoms with Crippen LogP contribution in [0.3, 0.4) is 0 Å². The molecule has 0 radical (unpaired) electrons. The van der Waals surface area contributed by atoms with E-state index < -0.39 is 0 Å². The number of aromatic hydroxyl groups is 1. The Morgan fingerprint density at radius 3 is 3.13 bits per heavy atom. The van der Waals surface area contributed by atoms with Crippen LogP contribution in [0.5, 0.6) is 5.75 Å². The molecule has 1 aliphatic heterocycles. The highest BCUT2D eigenvalue weighted by Crippen LogP contribution is 2.25. The van der Waals surface area contributed by atoms with Gasteiger partial charge in [-0.2, -0.15) is 4.98 Å². The summed E-state index contributed by atoms with van der Waals surface area (Å²) in [4.78, 5) is 18.4. The van der Waals surface area contributed by atoms with Crippen molar-refractivity contribution in [2.45, 2.75) is 32.2 Å². The van der Waals surface area contributed by atoms with Gasteiger partial charge in [0.2, 0.25) is 5.89 Å². The number of amides is 2. The third-order valence-corrected chi connectivity index (χ3v) is 3.96. The SMILES string of the molecule is Cc1noc(C2CCCN(C(=O)NCc3cccc(O)c3)C2)n1. The van der Waals surface area contributed by atoms with Gasteiger partial charge in [-0.15, -0.1) is 0 Å². The molecule has 3 rings (SSSR count). The highest BCUT2D eigenvalue weighted by molar-refractivity contribution is 5.74. The maximum absolute atomic E-state index is 12.3. The lowest BCUT2D eigenvalue weighted by atomic mass is 9.98. The molecular formula is C16H20N4O3. The van der Waals surface area contributed by atoms with E-state index in [9.17, 15) is 9.90 Å². The number of urea groups is 1. The second-order valence-electron chi connectivity index (χ2n) is 5.79. The lowest BCUT2D eigenvalue weighted by molar-refractivity contribution is 0.171. The molecule has 23 heavy (non-hydrogen) atoms. The third-order valence-electron chi connectivity index (χ3n) is 3.96. The zero-order chi connectivity index (χ0) is 16.2. The number of aromatic nitrogens is 2. The topological polar surface area (TPSA) is 91.5 Å². The standard InChI is InChI=1S/C16H20N4O3/c1-11-18-15(23-19-11)13-5-3-7-20(10-13)16(22)17-9-12-4-2-6-14(21)8-12/h2,4,6,8,13,21H,3,5,7,9-10H2,1H3,(H,17,22). The average molecular weight is 316 g/mol. The number of carbonyl (C=O) groups excluding carboxylic acids is 1. The number of benzene rings is 1. The molecule has 1 aliphatic rings. The summed E-state index contributed by atoms with van der Waals surface area (Å²) in [5.41, 5.74) is 0.861. The van der Waals surface area contributed by atoms with Crippen LogP contribution in [-0.4, -0.2) is 39.3 Å². The first kappa shape index (κ1) is 15.3. The number of nitrogens with one attached hydrogen (secondary N) is 1. The monoisotopic (exact) mass is 316 g/mol. The summed E-state index contributed by atoms with van der Waals surface area (Å²) in [6.07, 6.45) is 1.85. The number of hydrogen-bond donors (Lipinski definition) is 2. The highest BCUT2D eigenvalue weighted by Gasteiger charge is 2.28. The van der Waals surface area contributed by atoms with Gasteiger partial charge >= 0.3 is 6.03 Å². The minimum absolute atomic E-state index is 0.0940. The van der Waals surface area contributed by atoms with Crippen LogP contribution < -0.4 is 5.32 Å². The van der Waals surface area contributed by atoms with E-state index >= 15 is 0 Å². The van der Waals surface area contributed by atoms with Crippen molar-refractivity contribution in [3.05, 3.63) is 41.5 Å². The van der Waals surface area contributed by atoms with Crippen LogP contribution in [0.15, 0.2) is 28.8 Å². The number of hydrogen-bond acceptors (Lipinski definition) is 5. The normalized spacial score (nSPS) is 18.0.